The van der Waals surface area contributed by atoms with Crippen LogP contribution < -0.4 is 5.32 Å². The maximum Gasteiger partial charge on any atom is 0.342 e. The van der Waals surface area contributed by atoms with Gasteiger partial charge in [-0.05, 0) is 48.0 Å². The molecule has 0 aliphatic heterocycles. The van der Waals surface area contributed by atoms with Crippen molar-refractivity contribution in [1.82, 2.24) is 9.61 Å². The first-order chi connectivity index (χ1) is 18.1. The number of pyridine rings is 1. The third-order valence-electron chi connectivity index (χ3n) is 5.54. The SMILES string of the molecule is COC(=O)c1c(-c2ccc(F)cc2)nn2cc(NCOS(=O)(=O)CCO)c(-c3cccc(C(=O)O)c3)cc12. The van der Waals surface area contributed by atoms with Gasteiger partial charge in [0.15, 0.2) is 0 Å². The van der Waals surface area contributed by atoms with Crippen LogP contribution in [0.5, 0.6) is 0 Å². The van der Waals surface area contributed by atoms with Crippen molar-refractivity contribution in [1.29, 1.82) is 0 Å². The summed E-state index contributed by atoms with van der Waals surface area (Å²) < 4.78 is 48.5. The van der Waals surface area contributed by atoms with E-state index in [1.165, 1.54) is 60.3 Å². The first-order valence-electron chi connectivity index (χ1n) is 11.1. The Hall–Kier alpha value is -4.33. The van der Waals surface area contributed by atoms with Gasteiger partial charge in [-0.2, -0.15) is 13.5 Å². The van der Waals surface area contributed by atoms with E-state index in [1.807, 2.05) is 0 Å². The number of rotatable bonds is 10. The molecule has 0 unspecified atom stereocenters. The van der Waals surface area contributed by atoms with Crippen molar-refractivity contribution < 1.29 is 41.5 Å². The summed E-state index contributed by atoms with van der Waals surface area (Å²) >= 11 is 0. The number of hydrogen-bond acceptors (Lipinski definition) is 9. The Balaban J connectivity index is 1.90. The number of nitrogens with zero attached hydrogens (tertiary/aromatic N) is 2. The fourth-order valence-electron chi connectivity index (χ4n) is 3.77. The van der Waals surface area contributed by atoms with E-state index in [2.05, 4.69) is 10.4 Å². The number of carboxylic acid groups (broad SMARTS) is 1. The number of esters is 1. The maximum atomic E-state index is 13.5. The van der Waals surface area contributed by atoms with Crippen LogP contribution in [0.15, 0.2) is 60.8 Å². The molecule has 0 aliphatic carbocycles. The topological polar surface area (TPSA) is 157 Å². The highest BCUT2D eigenvalue weighted by molar-refractivity contribution is 7.86. The molecule has 0 aliphatic rings. The van der Waals surface area contributed by atoms with Crippen LogP contribution in [0, 0.1) is 5.82 Å². The van der Waals surface area contributed by atoms with Gasteiger partial charge in [-0.15, -0.1) is 0 Å². The lowest BCUT2D eigenvalue weighted by atomic mass is 10.0. The number of halogens is 1. The van der Waals surface area contributed by atoms with Crippen molar-refractivity contribution in [3.05, 3.63) is 77.7 Å². The summed E-state index contributed by atoms with van der Waals surface area (Å²) in [5.41, 5.74) is 2.17. The molecule has 0 radical (unpaired) electrons. The number of fused-ring (bicyclic) bond motifs is 1. The lowest BCUT2D eigenvalue weighted by Crippen LogP contribution is -2.18. The number of aliphatic hydroxyl groups is 1. The number of hydrogen-bond donors (Lipinski definition) is 3. The van der Waals surface area contributed by atoms with E-state index < -0.39 is 47.0 Å². The zero-order valence-corrected chi connectivity index (χ0v) is 20.7. The molecule has 2 heterocycles. The number of methoxy groups -OCH3 is 1. The molecule has 2 aromatic heterocycles. The van der Waals surface area contributed by atoms with Crippen LogP contribution in [-0.2, 0) is 19.0 Å². The molecule has 11 nitrogen and oxygen atoms in total. The molecule has 0 spiro atoms. The summed E-state index contributed by atoms with van der Waals surface area (Å²) in [5, 5.41) is 25.7. The smallest absolute Gasteiger partial charge is 0.342 e. The summed E-state index contributed by atoms with van der Waals surface area (Å²) in [5.74, 6) is -2.92. The minimum Gasteiger partial charge on any atom is -0.478 e. The van der Waals surface area contributed by atoms with Gasteiger partial charge >= 0.3 is 11.9 Å². The van der Waals surface area contributed by atoms with Crippen molar-refractivity contribution in [2.75, 3.05) is 31.5 Å². The van der Waals surface area contributed by atoms with Crippen molar-refractivity contribution in [2.45, 2.75) is 0 Å². The summed E-state index contributed by atoms with van der Waals surface area (Å²) in [7, 11) is -2.80. The Bertz CT molecular complexity index is 1620. The standard InChI is InChI=1S/C25H22FN3O8S/c1-36-25(33)22-21-12-19(16-3-2-4-17(11-16)24(31)32)20(27-14-37-38(34,35)10-9-30)13-29(21)28-23(22)15-5-7-18(26)8-6-15/h2-8,11-13,27,30H,9-10,14H2,1H3,(H,31,32). The molecule has 0 saturated heterocycles. The minimum atomic E-state index is -4.00. The number of carbonyl (C=O) groups excluding carboxylic acids is 1. The summed E-state index contributed by atoms with van der Waals surface area (Å²) in [6, 6.07) is 12.9. The number of nitrogens with one attached hydrogen (secondary N) is 1. The number of ether oxygens (including phenoxy) is 1. The van der Waals surface area contributed by atoms with Crippen molar-refractivity contribution in [2.24, 2.45) is 0 Å². The molecule has 0 saturated carbocycles. The van der Waals surface area contributed by atoms with Gasteiger partial charge in [0.05, 0.1) is 42.4 Å². The fraction of sp³-hybridized carbons (Fsp3) is 0.160. The van der Waals surface area contributed by atoms with E-state index >= 15 is 0 Å². The average molecular weight is 544 g/mol. The average Bonchev–Trinajstić information content (AvgIpc) is 3.26. The molecule has 198 valence electrons. The minimum absolute atomic E-state index is 0.00352. The normalized spacial score (nSPS) is 11.4. The third-order valence-corrected chi connectivity index (χ3v) is 6.70. The quantitative estimate of drug-likeness (QED) is 0.154. The Morgan fingerprint density at radius 3 is 2.50 bits per heavy atom. The van der Waals surface area contributed by atoms with Gasteiger partial charge in [0.25, 0.3) is 10.1 Å². The van der Waals surface area contributed by atoms with E-state index in [-0.39, 0.29) is 16.8 Å². The van der Waals surface area contributed by atoms with Crippen molar-refractivity contribution >= 4 is 33.3 Å². The number of carbonyl (C=O) groups is 2. The van der Waals surface area contributed by atoms with E-state index in [0.29, 0.717) is 27.9 Å². The Morgan fingerprint density at radius 1 is 1.11 bits per heavy atom. The van der Waals surface area contributed by atoms with E-state index in [4.69, 9.17) is 14.0 Å². The molecule has 4 rings (SSSR count). The molecule has 38 heavy (non-hydrogen) atoms. The van der Waals surface area contributed by atoms with Gasteiger partial charge in [-0.1, -0.05) is 12.1 Å². The zero-order valence-electron chi connectivity index (χ0n) is 19.9. The maximum absolute atomic E-state index is 13.5. The Morgan fingerprint density at radius 2 is 1.84 bits per heavy atom. The largest absolute Gasteiger partial charge is 0.478 e. The predicted molar refractivity (Wildman–Crippen MR) is 135 cm³/mol. The third kappa shape index (κ3) is 5.64. The highest BCUT2D eigenvalue weighted by atomic mass is 32.2. The molecule has 3 N–H and O–H groups in total. The van der Waals surface area contributed by atoms with E-state index in [0.717, 1.165) is 0 Å². The molecule has 13 heteroatoms. The second kappa shape index (κ2) is 11.0. The van der Waals surface area contributed by atoms with Gasteiger partial charge in [0, 0.05) is 11.1 Å². The number of carboxylic acids is 1. The lowest BCUT2D eigenvalue weighted by molar-refractivity contribution is 0.0602. The Kier molecular flexibility index (Phi) is 7.71. The molecule has 0 amide bonds. The molecule has 4 aromatic rings. The molecule has 0 fully saturated rings. The monoisotopic (exact) mass is 543 g/mol. The molecule has 2 aromatic carbocycles. The number of aromatic carboxylic acids is 1. The molecule has 0 bridgehead atoms. The number of aliphatic hydroxyl groups excluding tert-OH is 1. The highest BCUT2D eigenvalue weighted by Crippen LogP contribution is 2.34. The van der Waals surface area contributed by atoms with Crippen LogP contribution in [-0.4, -0.2) is 66.4 Å². The van der Waals surface area contributed by atoms with Crippen LogP contribution in [0.1, 0.15) is 20.7 Å². The van der Waals surface area contributed by atoms with Gasteiger partial charge in [0.1, 0.15) is 23.8 Å². The van der Waals surface area contributed by atoms with E-state index in [1.54, 1.807) is 12.1 Å². The van der Waals surface area contributed by atoms with Crippen LogP contribution in [0.25, 0.3) is 27.9 Å². The number of benzene rings is 2. The van der Waals surface area contributed by atoms with Gasteiger partial charge < -0.3 is 20.3 Å². The summed E-state index contributed by atoms with van der Waals surface area (Å²) in [4.78, 5) is 24.4. The number of anilines is 1. The fourth-order valence-corrected chi connectivity index (χ4v) is 4.35. The zero-order chi connectivity index (χ0) is 27.4. The predicted octanol–water partition coefficient (Wildman–Crippen LogP) is 3.00. The van der Waals surface area contributed by atoms with Crippen LogP contribution in [0.4, 0.5) is 10.1 Å². The van der Waals surface area contributed by atoms with Crippen LogP contribution >= 0.6 is 0 Å². The molecular weight excluding hydrogens is 521 g/mol. The van der Waals surface area contributed by atoms with Crippen molar-refractivity contribution in [3.8, 4) is 22.4 Å². The van der Waals surface area contributed by atoms with Gasteiger partial charge in [-0.25, -0.2) is 22.7 Å². The second-order valence-corrected chi connectivity index (χ2v) is 9.72. The van der Waals surface area contributed by atoms with Crippen molar-refractivity contribution in [3.63, 3.8) is 0 Å². The second-order valence-electron chi connectivity index (χ2n) is 7.96. The summed E-state index contributed by atoms with van der Waals surface area (Å²) in [6.45, 7) is -1.12. The van der Waals surface area contributed by atoms with E-state index in [9.17, 15) is 27.5 Å². The lowest BCUT2D eigenvalue weighted by Gasteiger charge is -2.14. The highest BCUT2D eigenvalue weighted by Gasteiger charge is 2.24. The first-order valence-corrected chi connectivity index (χ1v) is 12.7. The van der Waals surface area contributed by atoms with Crippen LogP contribution in [0.2, 0.25) is 0 Å². The summed E-state index contributed by atoms with van der Waals surface area (Å²) in [6.07, 6.45) is 1.47. The Labute approximate surface area is 216 Å². The number of aromatic nitrogens is 2. The molecule has 0 atom stereocenters. The van der Waals surface area contributed by atoms with Gasteiger partial charge in [0.2, 0.25) is 0 Å². The van der Waals surface area contributed by atoms with Crippen LogP contribution in [0.3, 0.4) is 0 Å². The molecular formula is C25H22FN3O8S. The van der Waals surface area contributed by atoms with Gasteiger partial charge in [-0.3, -0.25) is 0 Å². The first kappa shape index (κ1) is 26.7.